The van der Waals surface area contributed by atoms with E-state index in [0.29, 0.717) is 14.7 Å². The van der Waals surface area contributed by atoms with Crippen molar-refractivity contribution in [2.75, 3.05) is 12.4 Å². The number of alkyl halides is 3. The average Bonchev–Trinajstić information content (AvgIpc) is 3.48. The number of aryl methyl sites for hydroxylation is 1. The van der Waals surface area contributed by atoms with Gasteiger partial charge in [0.15, 0.2) is 5.82 Å². The van der Waals surface area contributed by atoms with E-state index in [-0.39, 0.29) is 33.5 Å². The zero-order valence-electron chi connectivity index (χ0n) is 19.0. The molecule has 0 aliphatic carbocycles. The maximum Gasteiger partial charge on any atom is 0.453 e. The Balaban J connectivity index is 1.78. The number of amides is 2. The van der Waals surface area contributed by atoms with E-state index in [2.05, 4.69) is 52.2 Å². The fourth-order valence-electron chi connectivity index (χ4n) is 3.43. The van der Waals surface area contributed by atoms with Crippen LogP contribution in [0.3, 0.4) is 0 Å². The summed E-state index contributed by atoms with van der Waals surface area (Å²) in [5.41, 5.74) is 0.903. The standard InChI is InChI=1S/C21H16BrClF3N9O2/c1-10-6-11(22)7-13(18(36)27-2)16(10)29-19(37)15-8-12(9-34-20(21(24,25)26)30-32-33-34)31-35(15)17-14(23)4-3-5-28-17/h3-8H,9H2,1-2H3,(H,27,36)(H,29,37). The maximum absolute atomic E-state index is 13.4. The molecule has 0 unspecified atom stereocenters. The third-order valence-electron chi connectivity index (χ3n) is 5.04. The molecule has 192 valence electrons. The summed E-state index contributed by atoms with van der Waals surface area (Å²) in [6.45, 7) is 1.20. The van der Waals surface area contributed by atoms with Crippen molar-refractivity contribution >= 4 is 45.0 Å². The fraction of sp³-hybridized carbons (Fsp3) is 0.190. The first-order valence-corrected chi connectivity index (χ1v) is 11.5. The number of hydrogen-bond acceptors (Lipinski definition) is 7. The molecule has 2 N–H and O–H groups in total. The van der Waals surface area contributed by atoms with Gasteiger partial charge in [-0.15, -0.1) is 5.10 Å². The molecule has 16 heteroatoms. The Morgan fingerprint density at radius 2 is 1.95 bits per heavy atom. The number of aromatic nitrogens is 7. The van der Waals surface area contributed by atoms with Crippen molar-refractivity contribution in [3.63, 3.8) is 0 Å². The normalized spacial score (nSPS) is 11.4. The zero-order chi connectivity index (χ0) is 26.9. The molecule has 3 heterocycles. The third kappa shape index (κ3) is 5.46. The van der Waals surface area contributed by atoms with E-state index < -0.39 is 30.4 Å². The predicted molar refractivity (Wildman–Crippen MR) is 129 cm³/mol. The summed E-state index contributed by atoms with van der Waals surface area (Å²) >= 11 is 9.59. The van der Waals surface area contributed by atoms with E-state index in [1.165, 1.54) is 31.4 Å². The molecule has 0 fully saturated rings. The molecule has 0 atom stereocenters. The molecule has 0 aliphatic rings. The lowest BCUT2D eigenvalue weighted by atomic mass is 10.1. The van der Waals surface area contributed by atoms with Crippen LogP contribution in [0.1, 0.15) is 37.9 Å². The summed E-state index contributed by atoms with van der Waals surface area (Å²) in [6.07, 6.45) is -3.39. The number of halogens is 5. The molecule has 37 heavy (non-hydrogen) atoms. The smallest absolute Gasteiger partial charge is 0.355 e. The number of benzene rings is 1. The van der Waals surface area contributed by atoms with E-state index in [1.54, 1.807) is 19.1 Å². The van der Waals surface area contributed by atoms with Gasteiger partial charge in [-0.25, -0.2) is 14.3 Å². The van der Waals surface area contributed by atoms with Crippen molar-refractivity contribution in [2.24, 2.45) is 0 Å². The first kappa shape index (κ1) is 26.2. The van der Waals surface area contributed by atoms with Crippen molar-refractivity contribution < 1.29 is 22.8 Å². The van der Waals surface area contributed by atoms with E-state index >= 15 is 0 Å². The van der Waals surface area contributed by atoms with Crippen LogP contribution in [-0.4, -0.2) is 53.8 Å². The molecule has 0 spiro atoms. The van der Waals surface area contributed by atoms with Crippen molar-refractivity contribution in [3.05, 3.63) is 74.4 Å². The molecule has 0 radical (unpaired) electrons. The maximum atomic E-state index is 13.4. The van der Waals surface area contributed by atoms with Gasteiger partial charge < -0.3 is 10.6 Å². The molecule has 4 aromatic rings. The van der Waals surface area contributed by atoms with E-state index in [0.717, 1.165) is 4.68 Å². The van der Waals surface area contributed by atoms with Crippen molar-refractivity contribution in [1.82, 2.24) is 40.3 Å². The van der Waals surface area contributed by atoms with E-state index in [1.807, 2.05) is 0 Å². The third-order valence-corrected chi connectivity index (χ3v) is 5.79. The van der Waals surface area contributed by atoms with Crippen molar-refractivity contribution in [3.8, 4) is 5.82 Å². The lowest BCUT2D eigenvalue weighted by Crippen LogP contribution is -2.23. The highest BCUT2D eigenvalue weighted by atomic mass is 79.9. The number of pyridine rings is 1. The number of rotatable bonds is 6. The van der Waals surface area contributed by atoms with Crippen LogP contribution in [0, 0.1) is 6.92 Å². The van der Waals surface area contributed by atoms with Gasteiger partial charge in [-0.2, -0.15) is 18.3 Å². The van der Waals surface area contributed by atoms with Crippen LogP contribution in [-0.2, 0) is 12.7 Å². The highest BCUT2D eigenvalue weighted by Crippen LogP contribution is 2.29. The Kier molecular flexibility index (Phi) is 7.27. The van der Waals surface area contributed by atoms with Crippen LogP contribution in [0.5, 0.6) is 0 Å². The molecule has 0 bridgehead atoms. The summed E-state index contributed by atoms with van der Waals surface area (Å²) in [6, 6.07) is 7.58. The number of carbonyl (C=O) groups excluding carboxylic acids is 2. The quantitative estimate of drug-likeness (QED) is 0.346. The van der Waals surface area contributed by atoms with Gasteiger partial charge >= 0.3 is 6.18 Å². The zero-order valence-corrected chi connectivity index (χ0v) is 21.3. The Morgan fingerprint density at radius 3 is 2.62 bits per heavy atom. The second kappa shape index (κ2) is 10.3. The second-order valence-electron chi connectivity index (χ2n) is 7.58. The van der Waals surface area contributed by atoms with Gasteiger partial charge in [-0.3, -0.25) is 9.59 Å². The fourth-order valence-corrected chi connectivity index (χ4v) is 4.21. The largest absolute Gasteiger partial charge is 0.453 e. The number of tetrazole rings is 1. The van der Waals surface area contributed by atoms with Crippen molar-refractivity contribution in [2.45, 2.75) is 19.6 Å². The van der Waals surface area contributed by atoms with Crippen LogP contribution in [0.2, 0.25) is 5.02 Å². The van der Waals surface area contributed by atoms with Gasteiger partial charge in [-0.1, -0.05) is 27.5 Å². The molecule has 0 aliphatic heterocycles. The summed E-state index contributed by atoms with van der Waals surface area (Å²) < 4.78 is 41.9. The lowest BCUT2D eigenvalue weighted by Gasteiger charge is -2.14. The summed E-state index contributed by atoms with van der Waals surface area (Å²) in [7, 11) is 1.45. The van der Waals surface area contributed by atoms with Crippen LogP contribution in [0.25, 0.3) is 5.82 Å². The Bertz CT molecular complexity index is 1500. The number of carbonyl (C=O) groups is 2. The minimum absolute atomic E-state index is 0.0173. The Labute approximate surface area is 220 Å². The molecule has 11 nitrogen and oxygen atoms in total. The second-order valence-corrected chi connectivity index (χ2v) is 8.90. The van der Waals surface area contributed by atoms with E-state index in [4.69, 9.17) is 11.6 Å². The highest BCUT2D eigenvalue weighted by molar-refractivity contribution is 9.10. The first-order valence-electron chi connectivity index (χ1n) is 10.4. The molecule has 2 amide bonds. The molecular formula is C21H16BrClF3N9O2. The van der Waals surface area contributed by atoms with Gasteiger partial charge in [0.1, 0.15) is 5.69 Å². The van der Waals surface area contributed by atoms with Crippen molar-refractivity contribution in [1.29, 1.82) is 0 Å². The highest BCUT2D eigenvalue weighted by Gasteiger charge is 2.38. The monoisotopic (exact) mass is 597 g/mol. The number of hydrogen-bond donors (Lipinski definition) is 2. The van der Waals surface area contributed by atoms with Crippen LogP contribution < -0.4 is 10.6 Å². The lowest BCUT2D eigenvalue weighted by molar-refractivity contribution is -0.147. The summed E-state index contributed by atoms with van der Waals surface area (Å²) in [4.78, 5) is 30.0. The molecule has 1 aromatic carbocycles. The summed E-state index contributed by atoms with van der Waals surface area (Å²) in [5, 5.41) is 19.1. The average molecular weight is 599 g/mol. The topological polar surface area (TPSA) is 133 Å². The van der Waals surface area contributed by atoms with Crippen LogP contribution in [0.4, 0.5) is 18.9 Å². The number of anilines is 1. The molecule has 0 saturated carbocycles. The van der Waals surface area contributed by atoms with Crippen LogP contribution >= 0.6 is 27.5 Å². The van der Waals surface area contributed by atoms with Gasteiger partial charge in [0, 0.05) is 17.7 Å². The number of nitrogens with zero attached hydrogens (tertiary/aromatic N) is 7. The molecule has 0 saturated heterocycles. The van der Waals surface area contributed by atoms with Crippen LogP contribution in [0.15, 0.2) is 41.0 Å². The van der Waals surface area contributed by atoms with E-state index in [9.17, 15) is 22.8 Å². The Hall–Kier alpha value is -3.85. The minimum atomic E-state index is -4.80. The van der Waals surface area contributed by atoms with Gasteiger partial charge in [0.25, 0.3) is 17.6 Å². The van der Waals surface area contributed by atoms with Gasteiger partial charge in [-0.05, 0) is 53.2 Å². The Morgan fingerprint density at radius 1 is 1.19 bits per heavy atom. The first-order chi connectivity index (χ1) is 17.5. The number of nitrogens with one attached hydrogen (secondary N) is 2. The van der Waals surface area contributed by atoms with Gasteiger partial charge in [0.05, 0.1) is 28.5 Å². The SMILES string of the molecule is CNC(=O)c1cc(Br)cc(C)c1NC(=O)c1cc(Cn2nnnc2C(F)(F)F)nn1-c1ncccc1Cl. The summed E-state index contributed by atoms with van der Waals surface area (Å²) in [5.74, 6) is -2.43. The minimum Gasteiger partial charge on any atom is -0.355 e. The predicted octanol–water partition coefficient (Wildman–Crippen LogP) is 3.66. The van der Waals surface area contributed by atoms with Gasteiger partial charge in [0.2, 0.25) is 0 Å². The molecule has 3 aromatic heterocycles. The molecule has 4 rings (SSSR count). The molecular weight excluding hydrogens is 583 g/mol.